The van der Waals surface area contributed by atoms with Gasteiger partial charge in [0, 0.05) is 23.2 Å². The van der Waals surface area contributed by atoms with Gasteiger partial charge >= 0.3 is 5.97 Å². The van der Waals surface area contributed by atoms with E-state index in [4.69, 9.17) is 9.47 Å². The zero-order valence-electron chi connectivity index (χ0n) is 15.1. The molecule has 3 heteroatoms. The molecule has 2 bridgehead atoms. The Morgan fingerprint density at radius 3 is 2.79 bits per heavy atom. The van der Waals surface area contributed by atoms with Crippen molar-refractivity contribution >= 4 is 5.97 Å². The van der Waals surface area contributed by atoms with Gasteiger partial charge in [0.25, 0.3) is 0 Å². The summed E-state index contributed by atoms with van der Waals surface area (Å²) in [6.07, 6.45) is 11.3. The number of hydrogen-bond donors (Lipinski definition) is 0. The molecular formula is C21H30O3. The molecular weight excluding hydrogens is 300 g/mol. The summed E-state index contributed by atoms with van der Waals surface area (Å²) in [6, 6.07) is 0. The predicted octanol–water partition coefficient (Wildman–Crippen LogP) is 3.95. The van der Waals surface area contributed by atoms with Gasteiger partial charge in [-0.3, -0.25) is 4.79 Å². The SMILES string of the molecule is CC(=O)OC1CCC2C3CC4OCC5(CCC6CC645)C3CCC12C. The Bertz CT molecular complexity index is 616. The van der Waals surface area contributed by atoms with Crippen LogP contribution in [-0.2, 0) is 14.3 Å². The fraction of sp³-hybridized carbons (Fsp3) is 0.952. The van der Waals surface area contributed by atoms with Gasteiger partial charge in [-0.1, -0.05) is 6.92 Å². The van der Waals surface area contributed by atoms with E-state index in [0.717, 1.165) is 36.7 Å². The molecule has 0 N–H and O–H groups in total. The number of carbonyl (C=O) groups excluding carboxylic acids is 1. The molecule has 0 aromatic rings. The first-order valence-electron chi connectivity index (χ1n) is 10.3. The summed E-state index contributed by atoms with van der Waals surface area (Å²) in [4.78, 5) is 11.6. The summed E-state index contributed by atoms with van der Waals surface area (Å²) in [5.74, 6) is 3.36. The van der Waals surface area contributed by atoms with Gasteiger partial charge < -0.3 is 9.47 Å². The molecule has 6 fully saturated rings. The smallest absolute Gasteiger partial charge is 0.302 e. The molecule has 0 aromatic carbocycles. The number of hydrogen-bond acceptors (Lipinski definition) is 3. The van der Waals surface area contributed by atoms with E-state index >= 15 is 0 Å². The van der Waals surface area contributed by atoms with Crippen molar-refractivity contribution in [1.29, 1.82) is 0 Å². The third kappa shape index (κ3) is 1.38. The van der Waals surface area contributed by atoms with Crippen LogP contribution in [0.15, 0.2) is 0 Å². The van der Waals surface area contributed by atoms with Crippen LogP contribution in [0, 0.1) is 39.9 Å². The van der Waals surface area contributed by atoms with Crippen LogP contribution in [-0.4, -0.2) is 24.8 Å². The molecule has 1 saturated heterocycles. The molecule has 5 aliphatic carbocycles. The fourth-order valence-electron chi connectivity index (χ4n) is 9.11. The summed E-state index contributed by atoms with van der Waals surface area (Å²) >= 11 is 0. The Morgan fingerprint density at radius 1 is 1.12 bits per heavy atom. The molecule has 5 saturated carbocycles. The van der Waals surface area contributed by atoms with Gasteiger partial charge in [-0.2, -0.15) is 0 Å². The normalized spacial score (nSPS) is 62.4. The number of fused-ring (bicyclic) bond motifs is 3. The predicted molar refractivity (Wildman–Crippen MR) is 89.2 cm³/mol. The standard InChI is InChI=1S/C21H30O3/c1-12(22)24-17-4-3-15-14-9-18-21-10-13(21)5-8-20(21,11-23-18)16(14)6-7-19(15,17)2/h13-18H,3-11H2,1-2H3. The summed E-state index contributed by atoms with van der Waals surface area (Å²) in [5.41, 5.74) is 1.36. The molecule has 1 aliphatic heterocycles. The van der Waals surface area contributed by atoms with Crippen molar-refractivity contribution in [3.8, 4) is 0 Å². The third-order valence-electron chi connectivity index (χ3n) is 9.99. The third-order valence-corrected chi connectivity index (χ3v) is 9.99. The molecule has 1 heterocycles. The zero-order chi connectivity index (χ0) is 16.3. The van der Waals surface area contributed by atoms with Gasteiger partial charge in [0.2, 0.25) is 0 Å². The molecule has 0 aromatic heterocycles. The van der Waals surface area contributed by atoms with E-state index in [0.29, 0.717) is 16.9 Å². The van der Waals surface area contributed by atoms with E-state index in [2.05, 4.69) is 6.92 Å². The Labute approximate surface area is 144 Å². The van der Waals surface area contributed by atoms with E-state index in [1.807, 2.05) is 0 Å². The molecule has 0 radical (unpaired) electrons. The Kier molecular flexibility index (Phi) is 2.56. The molecule has 9 unspecified atom stereocenters. The number of esters is 1. The number of carbonyl (C=O) groups is 1. The van der Waals surface area contributed by atoms with Crippen molar-refractivity contribution in [2.24, 2.45) is 39.9 Å². The van der Waals surface area contributed by atoms with Gasteiger partial charge in [0.05, 0.1) is 12.7 Å². The number of ether oxygens (including phenoxy) is 2. The molecule has 1 spiro atoms. The number of rotatable bonds is 1. The summed E-state index contributed by atoms with van der Waals surface area (Å²) < 4.78 is 12.2. The molecule has 0 amide bonds. The van der Waals surface area contributed by atoms with Crippen molar-refractivity contribution in [2.75, 3.05) is 6.61 Å². The van der Waals surface area contributed by atoms with Crippen LogP contribution in [0.5, 0.6) is 0 Å². The second-order valence-electron chi connectivity index (χ2n) is 10.3. The van der Waals surface area contributed by atoms with Crippen LogP contribution in [0.2, 0.25) is 0 Å². The fourth-order valence-corrected chi connectivity index (χ4v) is 9.11. The van der Waals surface area contributed by atoms with Crippen LogP contribution in [0.1, 0.15) is 65.2 Å². The van der Waals surface area contributed by atoms with Gasteiger partial charge in [0.15, 0.2) is 0 Å². The van der Waals surface area contributed by atoms with E-state index < -0.39 is 0 Å². The highest BCUT2D eigenvalue weighted by Gasteiger charge is 2.82. The average Bonchev–Trinajstić information content (AvgIpc) is 2.94. The zero-order valence-corrected chi connectivity index (χ0v) is 15.1. The van der Waals surface area contributed by atoms with Gasteiger partial charge in [0.1, 0.15) is 6.10 Å². The maximum atomic E-state index is 11.6. The minimum Gasteiger partial charge on any atom is -0.462 e. The van der Waals surface area contributed by atoms with Gasteiger partial charge in [-0.15, -0.1) is 0 Å². The van der Waals surface area contributed by atoms with Crippen LogP contribution in [0.4, 0.5) is 0 Å². The van der Waals surface area contributed by atoms with Crippen LogP contribution >= 0.6 is 0 Å². The lowest BCUT2D eigenvalue weighted by atomic mass is 9.46. The Balaban J connectivity index is 1.36. The maximum absolute atomic E-state index is 11.6. The van der Waals surface area contributed by atoms with Crippen LogP contribution in [0.25, 0.3) is 0 Å². The first-order valence-corrected chi connectivity index (χ1v) is 10.3. The minimum absolute atomic E-state index is 0.0924. The van der Waals surface area contributed by atoms with Crippen molar-refractivity contribution in [3.63, 3.8) is 0 Å². The van der Waals surface area contributed by atoms with E-state index in [1.165, 1.54) is 44.9 Å². The average molecular weight is 330 g/mol. The Hall–Kier alpha value is -0.570. The quantitative estimate of drug-likeness (QED) is 0.683. The van der Waals surface area contributed by atoms with Gasteiger partial charge in [-0.05, 0) is 75.0 Å². The highest BCUT2D eigenvalue weighted by molar-refractivity contribution is 5.66. The minimum atomic E-state index is -0.0924. The molecule has 132 valence electrons. The molecule has 6 aliphatic rings. The Morgan fingerprint density at radius 2 is 2.00 bits per heavy atom. The van der Waals surface area contributed by atoms with Gasteiger partial charge in [-0.25, -0.2) is 0 Å². The highest BCUT2D eigenvalue weighted by Crippen LogP contribution is 2.84. The van der Waals surface area contributed by atoms with Crippen LogP contribution < -0.4 is 0 Å². The van der Waals surface area contributed by atoms with E-state index in [1.54, 1.807) is 6.92 Å². The lowest BCUT2D eigenvalue weighted by Crippen LogP contribution is -2.55. The van der Waals surface area contributed by atoms with E-state index in [9.17, 15) is 4.79 Å². The largest absolute Gasteiger partial charge is 0.462 e. The summed E-state index contributed by atoms with van der Waals surface area (Å²) in [7, 11) is 0. The summed E-state index contributed by atoms with van der Waals surface area (Å²) in [5, 5.41) is 0. The molecule has 6 rings (SSSR count). The van der Waals surface area contributed by atoms with Crippen LogP contribution in [0.3, 0.4) is 0 Å². The van der Waals surface area contributed by atoms with Crippen molar-refractivity contribution in [1.82, 2.24) is 0 Å². The first-order chi connectivity index (χ1) is 11.5. The highest BCUT2D eigenvalue weighted by atomic mass is 16.5. The van der Waals surface area contributed by atoms with Crippen molar-refractivity contribution < 1.29 is 14.3 Å². The van der Waals surface area contributed by atoms with Crippen molar-refractivity contribution in [3.05, 3.63) is 0 Å². The maximum Gasteiger partial charge on any atom is 0.302 e. The first kappa shape index (κ1) is 14.6. The molecule has 9 atom stereocenters. The monoisotopic (exact) mass is 330 g/mol. The lowest BCUT2D eigenvalue weighted by Gasteiger charge is -2.57. The second-order valence-corrected chi connectivity index (χ2v) is 10.3. The topological polar surface area (TPSA) is 35.5 Å². The molecule has 24 heavy (non-hydrogen) atoms. The van der Waals surface area contributed by atoms with Crippen molar-refractivity contribution in [2.45, 2.75) is 77.4 Å². The lowest BCUT2D eigenvalue weighted by molar-refractivity contribution is -0.159. The van der Waals surface area contributed by atoms with E-state index in [-0.39, 0.29) is 17.5 Å². The second kappa shape index (κ2) is 4.22. The molecule has 3 nitrogen and oxygen atoms in total. The summed E-state index contributed by atoms with van der Waals surface area (Å²) in [6.45, 7) is 5.06.